The summed E-state index contributed by atoms with van der Waals surface area (Å²) in [6.45, 7) is 9.16. The molecule has 1 saturated carbocycles. The maximum Gasteiger partial charge on any atom is 0.416 e. The molecule has 13 heteroatoms. The van der Waals surface area contributed by atoms with Gasteiger partial charge in [0.1, 0.15) is 17.0 Å². The second kappa shape index (κ2) is 10.9. The summed E-state index contributed by atoms with van der Waals surface area (Å²) in [6, 6.07) is 4.09. The number of rotatable bonds is 6. The molecule has 43 heavy (non-hydrogen) atoms. The highest BCUT2D eigenvalue weighted by Gasteiger charge is 2.47. The monoisotopic (exact) mass is 608 g/mol. The Morgan fingerprint density at radius 2 is 1.86 bits per heavy atom. The maximum atomic E-state index is 13.7. The number of aryl methyl sites for hydroxylation is 2. The summed E-state index contributed by atoms with van der Waals surface area (Å²) in [5.41, 5.74) is 1.33. The highest BCUT2D eigenvalue weighted by Crippen LogP contribution is 2.50. The zero-order valence-corrected chi connectivity index (χ0v) is 24.7. The van der Waals surface area contributed by atoms with E-state index in [1.54, 1.807) is 7.05 Å². The molecule has 234 valence electrons. The minimum absolute atomic E-state index is 0.0554. The molecule has 3 aliphatic rings. The van der Waals surface area contributed by atoms with Crippen molar-refractivity contribution < 1.29 is 26.7 Å². The standard InChI is InChI=1S/C30H37F5N6O2/c1-17-13-40(23-8-24(43-16-23)15-41-19(3)37-26-11-36-28(42)38(4)27(26)41)18(2)12-39(17)14-20-5-6-22(30(33,34)35)7-25(20)21-9-29(31,32)10-21/h5-7,11,17-18,21,23-24H,8-10,12-16H2,1-4H3/t17-,18+,23?,24+/m1/s1. The molecule has 4 heterocycles. The molecule has 6 rings (SSSR count). The third-order valence-corrected chi connectivity index (χ3v) is 9.51. The van der Waals surface area contributed by atoms with E-state index in [1.165, 1.54) is 16.8 Å². The topological polar surface area (TPSA) is 68.4 Å². The van der Waals surface area contributed by atoms with Gasteiger partial charge in [-0.15, -0.1) is 0 Å². The molecular formula is C30H37F5N6O2. The SMILES string of the molecule is Cc1nc2cnc(=O)n(C)c2n1C[C@@H]1CC(N2C[C@@H](C)N(Cc3ccc(C(F)(F)F)cc3C3CC(F)(F)C3)C[C@@H]2C)CO1. The van der Waals surface area contributed by atoms with Crippen molar-refractivity contribution in [3.63, 3.8) is 0 Å². The van der Waals surface area contributed by atoms with Crippen molar-refractivity contribution in [2.45, 2.75) is 95.4 Å². The zero-order valence-electron chi connectivity index (χ0n) is 24.7. The molecule has 1 aliphatic carbocycles. The van der Waals surface area contributed by atoms with Crippen molar-refractivity contribution >= 4 is 11.2 Å². The van der Waals surface area contributed by atoms with Crippen molar-refractivity contribution in [1.29, 1.82) is 0 Å². The average molecular weight is 609 g/mol. The Labute approximate surface area is 246 Å². The first-order valence-electron chi connectivity index (χ1n) is 14.8. The van der Waals surface area contributed by atoms with E-state index in [2.05, 4.69) is 33.6 Å². The lowest BCUT2D eigenvalue weighted by molar-refractivity contribution is -0.137. The molecule has 3 aromatic rings. The van der Waals surface area contributed by atoms with E-state index < -0.39 is 36.4 Å². The van der Waals surface area contributed by atoms with Crippen LogP contribution in [0.15, 0.2) is 29.2 Å². The predicted octanol–water partition coefficient (Wildman–Crippen LogP) is 4.72. The van der Waals surface area contributed by atoms with Gasteiger partial charge >= 0.3 is 11.9 Å². The second-order valence-electron chi connectivity index (χ2n) is 12.6. The molecule has 2 saturated heterocycles. The molecule has 1 unspecified atom stereocenters. The van der Waals surface area contributed by atoms with Crippen LogP contribution in [-0.2, 0) is 31.1 Å². The molecule has 3 fully saturated rings. The normalized spacial score (nSPS) is 27.2. The molecule has 8 nitrogen and oxygen atoms in total. The number of aromatic nitrogens is 4. The van der Waals surface area contributed by atoms with Gasteiger partial charge in [-0.2, -0.15) is 18.2 Å². The van der Waals surface area contributed by atoms with Crippen LogP contribution in [-0.4, -0.2) is 78.8 Å². The van der Waals surface area contributed by atoms with Gasteiger partial charge in [-0.3, -0.25) is 14.4 Å². The summed E-state index contributed by atoms with van der Waals surface area (Å²) in [5, 5.41) is 0. The number of halogens is 5. The third kappa shape index (κ3) is 5.83. The van der Waals surface area contributed by atoms with Crippen molar-refractivity contribution in [2.24, 2.45) is 7.05 Å². The number of alkyl halides is 5. The van der Waals surface area contributed by atoms with Gasteiger partial charge in [0.25, 0.3) is 0 Å². The van der Waals surface area contributed by atoms with E-state index in [9.17, 15) is 26.7 Å². The minimum Gasteiger partial charge on any atom is -0.375 e. The quantitative estimate of drug-likeness (QED) is 0.378. The Morgan fingerprint density at radius 1 is 1.12 bits per heavy atom. The first kappa shape index (κ1) is 30.1. The fourth-order valence-corrected chi connectivity index (χ4v) is 7.13. The number of piperazine rings is 1. The zero-order chi connectivity index (χ0) is 30.8. The summed E-state index contributed by atoms with van der Waals surface area (Å²) in [5.74, 6) is -2.60. The summed E-state index contributed by atoms with van der Waals surface area (Å²) >= 11 is 0. The fraction of sp³-hybridized carbons (Fsp3) is 0.633. The first-order chi connectivity index (χ1) is 20.2. The molecular weight excluding hydrogens is 571 g/mol. The van der Waals surface area contributed by atoms with Crippen LogP contribution in [0.1, 0.15) is 61.5 Å². The maximum absolute atomic E-state index is 13.7. The first-order valence-corrected chi connectivity index (χ1v) is 14.8. The van der Waals surface area contributed by atoms with Crippen LogP contribution in [0, 0.1) is 6.92 Å². The molecule has 0 spiro atoms. The van der Waals surface area contributed by atoms with Crippen LogP contribution in [0.5, 0.6) is 0 Å². The van der Waals surface area contributed by atoms with E-state index in [-0.39, 0.29) is 29.9 Å². The van der Waals surface area contributed by atoms with Crippen molar-refractivity contribution in [2.75, 3.05) is 19.7 Å². The Morgan fingerprint density at radius 3 is 2.56 bits per heavy atom. The molecule has 2 aromatic heterocycles. The van der Waals surface area contributed by atoms with E-state index in [0.29, 0.717) is 48.5 Å². The average Bonchev–Trinajstić information content (AvgIpc) is 3.51. The van der Waals surface area contributed by atoms with Crippen molar-refractivity contribution in [3.05, 3.63) is 57.4 Å². The third-order valence-electron chi connectivity index (χ3n) is 9.51. The summed E-state index contributed by atoms with van der Waals surface area (Å²) in [4.78, 5) is 25.3. The number of hydrogen-bond acceptors (Lipinski definition) is 6. The Bertz CT molecular complexity index is 1560. The van der Waals surface area contributed by atoms with Gasteiger partial charge in [0.15, 0.2) is 0 Å². The highest BCUT2D eigenvalue weighted by atomic mass is 19.4. The van der Waals surface area contributed by atoms with E-state index in [0.717, 1.165) is 30.9 Å². The van der Waals surface area contributed by atoms with Gasteiger partial charge in [-0.1, -0.05) is 6.07 Å². The summed E-state index contributed by atoms with van der Waals surface area (Å²) in [6.07, 6.45) is -3.09. The van der Waals surface area contributed by atoms with E-state index >= 15 is 0 Å². The van der Waals surface area contributed by atoms with Crippen LogP contribution in [0.2, 0.25) is 0 Å². The number of imidazole rings is 1. The van der Waals surface area contributed by atoms with Crippen LogP contribution in [0.3, 0.4) is 0 Å². The molecule has 0 bridgehead atoms. The molecule has 4 atom stereocenters. The molecule has 0 N–H and O–H groups in total. The van der Waals surface area contributed by atoms with E-state index in [1.807, 2.05) is 11.5 Å². The van der Waals surface area contributed by atoms with Crippen molar-refractivity contribution in [1.82, 2.24) is 28.9 Å². The number of benzene rings is 1. The molecule has 2 aliphatic heterocycles. The van der Waals surface area contributed by atoms with Crippen LogP contribution in [0.25, 0.3) is 11.2 Å². The van der Waals surface area contributed by atoms with Gasteiger partial charge in [-0.05, 0) is 56.4 Å². The smallest absolute Gasteiger partial charge is 0.375 e. The lowest BCUT2D eigenvalue weighted by Gasteiger charge is -2.47. The van der Waals surface area contributed by atoms with Gasteiger partial charge < -0.3 is 9.30 Å². The van der Waals surface area contributed by atoms with Gasteiger partial charge in [0.05, 0.1) is 31.0 Å². The summed E-state index contributed by atoms with van der Waals surface area (Å²) < 4.78 is 77.5. The number of ether oxygens (including phenoxy) is 1. The summed E-state index contributed by atoms with van der Waals surface area (Å²) in [7, 11) is 1.69. The Hall–Kier alpha value is -2.90. The van der Waals surface area contributed by atoms with Crippen LogP contribution >= 0.6 is 0 Å². The Balaban J connectivity index is 1.12. The molecule has 0 radical (unpaired) electrons. The van der Waals surface area contributed by atoms with Gasteiger partial charge in [0, 0.05) is 57.6 Å². The van der Waals surface area contributed by atoms with Gasteiger partial charge in [-0.25, -0.2) is 18.6 Å². The van der Waals surface area contributed by atoms with Crippen molar-refractivity contribution in [3.8, 4) is 0 Å². The van der Waals surface area contributed by atoms with Gasteiger partial charge in [0.2, 0.25) is 5.92 Å². The largest absolute Gasteiger partial charge is 0.416 e. The minimum atomic E-state index is -4.52. The highest BCUT2D eigenvalue weighted by molar-refractivity contribution is 5.70. The van der Waals surface area contributed by atoms with Crippen LogP contribution in [0.4, 0.5) is 22.0 Å². The number of fused-ring (bicyclic) bond motifs is 1. The second-order valence-corrected chi connectivity index (χ2v) is 12.6. The Kier molecular flexibility index (Phi) is 7.65. The fourth-order valence-electron chi connectivity index (χ4n) is 7.13. The number of nitrogens with zero attached hydrogens (tertiary/aromatic N) is 6. The lowest BCUT2D eigenvalue weighted by atomic mass is 9.74. The van der Waals surface area contributed by atoms with Crippen LogP contribution < -0.4 is 5.69 Å². The molecule has 1 aromatic carbocycles. The lowest BCUT2D eigenvalue weighted by Crippen LogP contribution is -2.59. The molecule has 0 amide bonds. The predicted molar refractivity (Wildman–Crippen MR) is 150 cm³/mol. The number of hydrogen-bond donors (Lipinski definition) is 0. The van der Waals surface area contributed by atoms with E-state index in [4.69, 9.17) is 4.74 Å².